The summed E-state index contributed by atoms with van der Waals surface area (Å²) in [6.45, 7) is 2.09. The van der Waals surface area contributed by atoms with Gasteiger partial charge in [0.2, 0.25) is 0 Å². The number of H-pyrrole nitrogens is 1. The number of fused-ring (bicyclic) bond motifs is 3. The van der Waals surface area contributed by atoms with Gasteiger partial charge >= 0.3 is 0 Å². The van der Waals surface area contributed by atoms with Gasteiger partial charge in [-0.3, -0.25) is 0 Å². The first kappa shape index (κ1) is 14.7. The smallest absolute Gasteiger partial charge is 0.131 e. The average molecular weight is 316 g/mol. The van der Waals surface area contributed by atoms with Crippen LogP contribution in [0.25, 0.3) is 10.9 Å². The number of aryl methyl sites for hydroxylation is 1. The second-order valence-electron chi connectivity index (χ2n) is 6.43. The third-order valence-corrected chi connectivity index (χ3v) is 4.49. The molecule has 1 aromatic heterocycles. The second kappa shape index (κ2) is 5.64. The molecular formula is C20H20N4. The van der Waals surface area contributed by atoms with Gasteiger partial charge in [0, 0.05) is 37.0 Å². The lowest BCUT2D eigenvalue weighted by molar-refractivity contribution is 0.607. The summed E-state index contributed by atoms with van der Waals surface area (Å²) < 4.78 is 0. The Labute approximate surface area is 141 Å². The van der Waals surface area contributed by atoms with Gasteiger partial charge in [0.25, 0.3) is 0 Å². The number of amidine groups is 1. The number of hydrogen-bond acceptors (Lipinski definition) is 3. The molecule has 3 aromatic rings. The van der Waals surface area contributed by atoms with Crippen LogP contribution in [0.1, 0.15) is 22.4 Å². The number of aromatic amines is 1. The minimum Gasteiger partial charge on any atom is -0.364 e. The quantitative estimate of drug-likeness (QED) is 0.730. The summed E-state index contributed by atoms with van der Waals surface area (Å²) in [6.07, 6.45) is 0.769. The molecule has 0 radical (unpaired) electrons. The van der Waals surface area contributed by atoms with Crippen LogP contribution in [-0.4, -0.2) is 35.5 Å². The molecule has 24 heavy (non-hydrogen) atoms. The lowest BCUT2D eigenvalue weighted by Crippen LogP contribution is -2.23. The molecule has 0 aliphatic carbocycles. The minimum absolute atomic E-state index is 0.769. The molecule has 1 aliphatic heterocycles. The largest absolute Gasteiger partial charge is 0.364 e. The SMILES string of the molecule is Cc1ccc(C2=NN=C(N(C)C)Cc3c2[nH]c2ccccc32)cc1. The van der Waals surface area contributed by atoms with Crippen LogP contribution in [0.3, 0.4) is 0 Å². The molecule has 4 nitrogen and oxygen atoms in total. The van der Waals surface area contributed by atoms with Crippen LogP contribution < -0.4 is 0 Å². The highest BCUT2D eigenvalue weighted by molar-refractivity contribution is 6.16. The van der Waals surface area contributed by atoms with Gasteiger partial charge in [-0.25, -0.2) is 0 Å². The molecule has 4 rings (SSSR count). The summed E-state index contributed by atoms with van der Waals surface area (Å²) >= 11 is 0. The molecule has 0 saturated carbocycles. The van der Waals surface area contributed by atoms with E-state index in [1.165, 1.54) is 16.5 Å². The summed E-state index contributed by atoms with van der Waals surface area (Å²) in [6, 6.07) is 16.9. The molecule has 0 unspecified atom stereocenters. The average Bonchev–Trinajstić information content (AvgIpc) is 2.82. The van der Waals surface area contributed by atoms with E-state index in [4.69, 9.17) is 0 Å². The maximum atomic E-state index is 4.59. The van der Waals surface area contributed by atoms with Gasteiger partial charge in [-0.05, 0) is 18.6 Å². The first-order chi connectivity index (χ1) is 11.6. The summed E-state index contributed by atoms with van der Waals surface area (Å²) in [7, 11) is 4.03. The van der Waals surface area contributed by atoms with Crippen LogP contribution in [-0.2, 0) is 6.42 Å². The van der Waals surface area contributed by atoms with Crippen molar-refractivity contribution in [1.82, 2.24) is 9.88 Å². The predicted molar refractivity (Wildman–Crippen MR) is 99.9 cm³/mol. The van der Waals surface area contributed by atoms with Crippen LogP contribution in [0.4, 0.5) is 0 Å². The van der Waals surface area contributed by atoms with Crippen molar-refractivity contribution in [3.8, 4) is 0 Å². The Hall–Kier alpha value is -2.88. The monoisotopic (exact) mass is 316 g/mol. The standard InChI is InChI=1S/C20H20N4/c1-13-8-10-14(11-9-13)19-20-16(12-18(22-23-19)24(2)3)15-6-4-5-7-17(15)21-20/h4-11,21H,12H2,1-3H3. The number of para-hydroxylation sites is 1. The van der Waals surface area contributed by atoms with Crippen molar-refractivity contribution in [2.45, 2.75) is 13.3 Å². The minimum atomic E-state index is 0.769. The number of nitrogens with one attached hydrogen (secondary N) is 1. The molecule has 4 heteroatoms. The fraction of sp³-hybridized carbons (Fsp3) is 0.200. The fourth-order valence-electron chi connectivity index (χ4n) is 3.10. The highest BCUT2D eigenvalue weighted by Gasteiger charge is 2.22. The molecule has 0 atom stereocenters. The van der Waals surface area contributed by atoms with E-state index in [-0.39, 0.29) is 0 Å². The predicted octanol–water partition coefficient (Wildman–Crippen LogP) is 3.74. The third-order valence-electron chi connectivity index (χ3n) is 4.49. The van der Waals surface area contributed by atoms with Crippen LogP contribution in [0, 0.1) is 6.92 Å². The van der Waals surface area contributed by atoms with Gasteiger partial charge in [0.15, 0.2) is 0 Å². The zero-order valence-electron chi connectivity index (χ0n) is 14.2. The highest BCUT2D eigenvalue weighted by atomic mass is 15.3. The Balaban J connectivity index is 1.97. The molecular weight excluding hydrogens is 296 g/mol. The Morgan fingerprint density at radius 3 is 2.46 bits per heavy atom. The molecule has 0 spiro atoms. The topological polar surface area (TPSA) is 43.8 Å². The molecule has 2 aromatic carbocycles. The highest BCUT2D eigenvalue weighted by Crippen LogP contribution is 2.27. The summed E-state index contributed by atoms with van der Waals surface area (Å²) in [5.74, 6) is 0.961. The van der Waals surface area contributed by atoms with Gasteiger partial charge in [-0.2, -0.15) is 0 Å². The van der Waals surface area contributed by atoms with E-state index in [0.717, 1.165) is 34.7 Å². The lowest BCUT2D eigenvalue weighted by Gasteiger charge is -2.13. The maximum absolute atomic E-state index is 4.59. The maximum Gasteiger partial charge on any atom is 0.131 e. The van der Waals surface area contributed by atoms with Crippen molar-refractivity contribution in [3.63, 3.8) is 0 Å². The van der Waals surface area contributed by atoms with Gasteiger partial charge < -0.3 is 9.88 Å². The van der Waals surface area contributed by atoms with Gasteiger partial charge in [0.05, 0.1) is 5.69 Å². The van der Waals surface area contributed by atoms with Gasteiger partial charge in [-0.15, -0.1) is 10.2 Å². The van der Waals surface area contributed by atoms with Gasteiger partial charge in [-0.1, -0.05) is 48.0 Å². The van der Waals surface area contributed by atoms with E-state index < -0.39 is 0 Å². The second-order valence-corrected chi connectivity index (χ2v) is 6.43. The molecule has 0 fully saturated rings. The number of benzene rings is 2. The summed E-state index contributed by atoms with van der Waals surface area (Å²) in [5.41, 5.74) is 6.69. The molecule has 1 aliphatic rings. The Kier molecular flexibility index (Phi) is 3.45. The van der Waals surface area contributed by atoms with Crippen LogP contribution in [0.5, 0.6) is 0 Å². The summed E-state index contributed by atoms with van der Waals surface area (Å²) in [4.78, 5) is 5.59. The first-order valence-corrected chi connectivity index (χ1v) is 8.12. The number of rotatable bonds is 1. The van der Waals surface area contributed by atoms with E-state index in [0.29, 0.717) is 0 Å². The lowest BCUT2D eigenvalue weighted by atomic mass is 10.00. The van der Waals surface area contributed by atoms with Crippen molar-refractivity contribution in [2.24, 2.45) is 10.2 Å². The Bertz CT molecular complexity index is 959. The van der Waals surface area contributed by atoms with E-state index in [1.54, 1.807) is 0 Å². The number of nitrogens with zero attached hydrogens (tertiary/aromatic N) is 3. The molecule has 0 saturated heterocycles. The van der Waals surface area contributed by atoms with Crippen molar-refractivity contribution < 1.29 is 0 Å². The first-order valence-electron chi connectivity index (χ1n) is 8.12. The van der Waals surface area contributed by atoms with E-state index in [1.807, 2.05) is 19.0 Å². The van der Waals surface area contributed by atoms with Crippen molar-refractivity contribution in [2.75, 3.05) is 14.1 Å². The van der Waals surface area contributed by atoms with E-state index in [2.05, 4.69) is 70.6 Å². The molecule has 0 amide bonds. The number of hydrogen-bond donors (Lipinski definition) is 1. The third kappa shape index (κ3) is 2.40. The van der Waals surface area contributed by atoms with Crippen molar-refractivity contribution in [3.05, 3.63) is 70.9 Å². The molecule has 1 N–H and O–H groups in total. The zero-order valence-corrected chi connectivity index (χ0v) is 14.2. The van der Waals surface area contributed by atoms with E-state index >= 15 is 0 Å². The number of likely N-dealkylation sites (N-methyl/N-ethyl adjacent to an activating group) is 1. The normalized spacial score (nSPS) is 14.0. The molecule has 120 valence electrons. The molecule has 2 heterocycles. The van der Waals surface area contributed by atoms with E-state index in [9.17, 15) is 0 Å². The summed E-state index contributed by atoms with van der Waals surface area (Å²) in [5, 5.41) is 10.3. The van der Waals surface area contributed by atoms with Gasteiger partial charge in [0.1, 0.15) is 11.5 Å². The Morgan fingerprint density at radius 1 is 0.958 bits per heavy atom. The van der Waals surface area contributed by atoms with Crippen molar-refractivity contribution >= 4 is 22.5 Å². The Morgan fingerprint density at radius 2 is 1.71 bits per heavy atom. The molecule has 0 bridgehead atoms. The van der Waals surface area contributed by atoms with Crippen molar-refractivity contribution in [1.29, 1.82) is 0 Å². The van der Waals surface area contributed by atoms with Crippen LogP contribution in [0.2, 0.25) is 0 Å². The van der Waals surface area contributed by atoms with Crippen LogP contribution >= 0.6 is 0 Å². The zero-order chi connectivity index (χ0) is 16.7. The van der Waals surface area contributed by atoms with Crippen LogP contribution in [0.15, 0.2) is 58.7 Å². The fourth-order valence-corrected chi connectivity index (χ4v) is 3.10. The number of aromatic nitrogens is 1.